The zero-order valence-corrected chi connectivity index (χ0v) is 6.57. The molecule has 0 fully saturated rings. The van der Waals surface area contributed by atoms with Gasteiger partial charge in [-0.25, -0.2) is 0 Å². The molecular formula is C8H8N2O2. The maximum atomic E-state index is 10.7. The molecule has 62 valence electrons. The molecule has 0 aromatic heterocycles. The SMILES string of the molecule is Cc1ccc(C(N)=O)cc1N=O. The Kier molecular flexibility index (Phi) is 2.19. The lowest BCUT2D eigenvalue weighted by atomic mass is 10.1. The van der Waals surface area contributed by atoms with E-state index in [1.54, 1.807) is 19.1 Å². The van der Waals surface area contributed by atoms with Crippen molar-refractivity contribution in [3.8, 4) is 0 Å². The van der Waals surface area contributed by atoms with E-state index >= 15 is 0 Å². The molecule has 4 heteroatoms. The van der Waals surface area contributed by atoms with Crippen molar-refractivity contribution in [2.24, 2.45) is 10.9 Å². The standard InChI is InChI=1S/C8H8N2O2/c1-5-2-3-6(8(9)11)4-7(5)10-12/h2-4H,1H3,(H2,9,11). The van der Waals surface area contributed by atoms with E-state index in [2.05, 4.69) is 5.18 Å². The number of nitroso groups, excluding NO2 is 1. The fourth-order valence-electron chi connectivity index (χ4n) is 0.861. The predicted molar refractivity (Wildman–Crippen MR) is 45.2 cm³/mol. The summed E-state index contributed by atoms with van der Waals surface area (Å²) in [7, 11) is 0. The van der Waals surface area contributed by atoms with Crippen LogP contribution in [0, 0.1) is 11.8 Å². The monoisotopic (exact) mass is 164 g/mol. The number of carbonyl (C=O) groups is 1. The highest BCUT2D eigenvalue weighted by molar-refractivity contribution is 5.93. The fraction of sp³-hybridized carbons (Fsp3) is 0.125. The zero-order chi connectivity index (χ0) is 9.14. The number of nitrogens with two attached hydrogens (primary N) is 1. The zero-order valence-electron chi connectivity index (χ0n) is 6.57. The van der Waals surface area contributed by atoms with Crippen molar-refractivity contribution >= 4 is 11.6 Å². The highest BCUT2D eigenvalue weighted by Gasteiger charge is 2.03. The lowest BCUT2D eigenvalue weighted by Crippen LogP contribution is -2.10. The van der Waals surface area contributed by atoms with E-state index in [1.165, 1.54) is 6.07 Å². The van der Waals surface area contributed by atoms with Gasteiger partial charge in [-0.15, -0.1) is 4.91 Å². The second kappa shape index (κ2) is 3.13. The van der Waals surface area contributed by atoms with Gasteiger partial charge in [-0.2, -0.15) is 0 Å². The van der Waals surface area contributed by atoms with Crippen LogP contribution in [0.1, 0.15) is 15.9 Å². The Hall–Kier alpha value is -1.71. The van der Waals surface area contributed by atoms with Crippen LogP contribution in [0.25, 0.3) is 0 Å². The van der Waals surface area contributed by atoms with Crippen molar-refractivity contribution in [2.45, 2.75) is 6.92 Å². The van der Waals surface area contributed by atoms with Gasteiger partial charge in [0.15, 0.2) is 0 Å². The normalized spacial score (nSPS) is 9.42. The largest absolute Gasteiger partial charge is 0.366 e. The van der Waals surface area contributed by atoms with Crippen LogP contribution < -0.4 is 5.73 Å². The molecule has 1 aromatic carbocycles. The van der Waals surface area contributed by atoms with Crippen LogP contribution in [0.3, 0.4) is 0 Å². The van der Waals surface area contributed by atoms with E-state index in [0.29, 0.717) is 5.56 Å². The van der Waals surface area contributed by atoms with Gasteiger partial charge in [0.05, 0.1) is 0 Å². The quantitative estimate of drug-likeness (QED) is 0.672. The molecule has 12 heavy (non-hydrogen) atoms. The number of primary amides is 1. The third kappa shape index (κ3) is 1.47. The summed E-state index contributed by atoms with van der Waals surface area (Å²) in [5.74, 6) is -0.556. The van der Waals surface area contributed by atoms with Gasteiger partial charge >= 0.3 is 0 Å². The molecular weight excluding hydrogens is 156 g/mol. The van der Waals surface area contributed by atoms with Crippen LogP contribution in [0.5, 0.6) is 0 Å². The summed E-state index contributed by atoms with van der Waals surface area (Å²) in [6, 6.07) is 4.58. The lowest BCUT2D eigenvalue weighted by Gasteiger charge is -1.98. The Bertz CT molecular complexity index is 334. The molecule has 4 nitrogen and oxygen atoms in total. The van der Waals surface area contributed by atoms with Crippen LogP contribution in [0.15, 0.2) is 23.4 Å². The van der Waals surface area contributed by atoms with E-state index in [0.717, 1.165) is 5.56 Å². The maximum absolute atomic E-state index is 10.7. The minimum atomic E-state index is -0.556. The first kappa shape index (κ1) is 8.39. The molecule has 0 saturated heterocycles. The number of aryl methyl sites for hydroxylation is 1. The number of amides is 1. The summed E-state index contributed by atoms with van der Waals surface area (Å²) in [6.07, 6.45) is 0. The highest BCUT2D eigenvalue weighted by Crippen LogP contribution is 2.19. The third-order valence-electron chi connectivity index (χ3n) is 1.59. The number of hydrogen-bond donors (Lipinski definition) is 1. The molecule has 1 aromatic rings. The van der Waals surface area contributed by atoms with Gasteiger partial charge in [0.2, 0.25) is 5.91 Å². The van der Waals surface area contributed by atoms with E-state index in [4.69, 9.17) is 5.73 Å². The predicted octanol–water partition coefficient (Wildman–Crippen LogP) is 1.49. The Morgan fingerprint density at radius 1 is 1.50 bits per heavy atom. The number of nitrogens with zero attached hydrogens (tertiary/aromatic N) is 1. The number of benzene rings is 1. The van der Waals surface area contributed by atoms with Crippen LogP contribution in [0.2, 0.25) is 0 Å². The second-order valence-electron chi connectivity index (χ2n) is 2.46. The summed E-state index contributed by atoms with van der Waals surface area (Å²) in [5.41, 5.74) is 6.29. The van der Waals surface area contributed by atoms with Gasteiger partial charge in [0.25, 0.3) is 0 Å². The summed E-state index contributed by atoms with van der Waals surface area (Å²) in [4.78, 5) is 20.9. The van der Waals surface area contributed by atoms with Crippen LogP contribution in [-0.2, 0) is 0 Å². The highest BCUT2D eigenvalue weighted by atomic mass is 16.3. The number of carbonyl (C=O) groups excluding carboxylic acids is 1. The molecule has 0 aliphatic rings. The van der Waals surface area contributed by atoms with E-state index < -0.39 is 5.91 Å². The topological polar surface area (TPSA) is 72.5 Å². The molecule has 1 amide bonds. The van der Waals surface area contributed by atoms with Crippen LogP contribution >= 0.6 is 0 Å². The summed E-state index contributed by atoms with van der Waals surface area (Å²) in [6.45, 7) is 1.74. The van der Waals surface area contributed by atoms with E-state index in [1.807, 2.05) is 0 Å². The molecule has 0 heterocycles. The average Bonchev–Trinajstić information content (AvgIpc) is 2.05. The minimum absolute atomic E-state index is 0.256. The Morgan fingerprint density at radius 3 is 2.67 bits per heavy atom. The van der Waals surface area contributed by atoms with Gasteiger partial charge in [0, 0.05) is 5.56 Å². The van der Waals surface area contributed by atoms with Crippen LogP contribution in [-0.4, -0.2) is 5.91 Å². The van der Waals surface area contributed by atoms with E-state index in [-0.39, 0.29) is 5.69 Å². The molecule has 1 rings (SSSR count). The summed E-state index contributed by atoms with van der Waals surface area (Å²) >= 11 is 0. The van der Waals surface area contributed by atoms with Gasteiger partial charge in [-0.3, -0.25) is 4.79 Å². The minimum Gasteiger partial charge on any atom is -0.366 e. The molecule has 0 radical (unpaired) electrons. The molecule has 0 spiro atoms. The number of rotatable bonds is 2. The Labute approximate surface area is 69.4 Å². The Balaban J connectivity index is 3.22. The third-order valence-corrected chi connectivity index (χ3v) is 1.59. The van der Waals surface area contributed by atoms with Crippen molar-refractivity contribution in [2.75, 3.05) is 0 Å². The smallest absolute Gasteiger partial charge is 0.248 e. The van der Waals surface area contributed by atoms with Gasteiger partial charge in [-0.05, 0) is 29.8 Å². The summed E-state index contributed by atoms with van der Waals surface area (Å²) in [5, 5.41) is 2.76. The first-order chi connectivity index (χ1) is 5.65. The second-order valence-corrected chi connectivity index (χ2v) is 2.46. The van der Waals surface area contributed by atoms with Crippen LogP contribution in [0.4, 0.5) is 5.69 Å². The van der Waals surface area contributed by atoms with Crippen molar-refractivity contribution in [1.29, 1.82) is 0 Å². The Morgan fingerprint density at radius 2 is 2.17 bits per heavy atom. The molecule has 2 N–H and O–H groups in total. The number of hydrogen-bond acceptors (Lipinski definition) is 3. The van der Waals surface area contributed by atoms with Crippen molar-refractivity contribution in [1.82, 2.24) is 0 Å². The van der Waals surface area contributed by atoms with E-state index in [9.17, 15) is 9.70 Å². The molecule has 0 aliphatic heterocycles. The van der Waals surface area contributed by atoms with Gasteiger partial charge in [0.1, 0.15) is 5.69 Å². The van der Waals surface area contributed by atoms with Gasteiger partial charge in [-0.1, -0.05) is 6.07 Å². The van der Waals surface area contributed by atoms with Crippen molar-refractivity contribution in [3.05, 3.63) is 34.2 Å². The van der Waals surface area contributed by atoms with Crippen molar-refractivity contribution in [3.63, 3.8) is 0 Å². The maximum Gasteiger partial charge on any atom is 0.248 e. The first-order valence-corrected chi connectivity index (χ1v) is 3.39. The first-order valence-electron chi connectivity index (χ1n) is 3.39. The molecule has 0 saturated carbocycles. The average molecular weight is 164 g/mol. The fourth-order valence-corrected chi connectivity index (χ4v) is 0.861. The lowest BCUT2D eigenvalue weighted by molar-refractivity contribution is 0.100. The van der Waals surface area contributed by atoms with Crippen molar-refractivity contribution < 1.29 is 4.79 Å². The summed E-state index contributed by atoms with van der Waals surface area (Å²) < 4.78 is 0. The molecule has 0 bridgehead atoms. The molecule has 0 aliphatic carbocycles. The van der Waals surface area contributed by atoms with Gasteiger partial charge < -0.3 is 5.73 Å². The molecule has 0 atom stereocenters. The molecule has 0 unspecified atom stereocenters.